The minimum atomic E-state index is -4.29. The first-order valence-electron chi connectivity index (χ1n) is 13.8. The highest BCUT2D eigenvalue weighted by molar-refractivity contribution is 5.78. The number of rotatable bonds is 6. The molecule has 12 heteroatoms. The van der Waals surface area contributed by atoms with Crippen LogP contribution in [0.1, 0.15) is 44.9 Å². The van der Waals surface area contributed by atoms with Crippen molar-refractivity contribution in [3.8, 4) is 0 Å². The molecule has 6 N–H and O–H groups in total. The van der Waals surface area contributed by atoms with Gasteiger partial charge in [0.05, 0.1) is 25.0 Å². The van der Waals surface area contributed by atoms with Crippen molar-refractivity contribution < 1.29 is 22.7 Å². The van der Waals surface area contributed by atoms with Gasteiger partial charge in [0.2, 0.25) is 5.91 Å². The summed E-state index contributed by atoms with van der Waals surface area (Å²) in [4.78, 5) is 15.3. The van der Waals surface area contributed by atoms with Crippen molar-refractivity contribution in [2.45, 2.75) is 81.6 Å². The van der Waals surface area contributed by atoms with E-state index in [1.807, 2.05) is 0 Å². The Hall–Kier alpha value is -1.02. The van der Waals surface area contributed by atoms with Gasteiger partial charge in [-0.25, -0.2) is 10.9 Å². The van der Waals surface area contributed by atoms with E-state index in [0.29, 0.717) is 25.3 Å². The number of hydrogen-bond donors (Lipinski definition) is 6. The van der Waals surface area contributed by atoms with Gasteiger partial charge < -0.3 is 26.0 Å². The van der Waals surface area contributed by atoms with E-state index in [1.165, 1.54) is 0 Å². The molecule has 1 aliphatic carbocycles. The summed E-state index contributed by atoms with van der Waals surface area (Å²) in [5, 5.41) is 12.5. The van der Waals surface area contributed by atoms with E-state index >= 15 is 0 Å². The van der Waals surface area contributed by atoms with Gasteiger partial charge in [0.15, 0.2) is 0 Å². The SMILES string of the molecule is O=C(NCC1CCCNC1C(F)(F)F)C1CCCC(NCC2NNC3C4CCNCC4OCCN23)C1. The summed E-state index contributed by atoms with van der Waals surface area (Å²) < 4.78 is 46.1. The minimum absolute atomic E-state index is 0.0817. The fraction of sp³-hybridized carbons (Fsp3) is 0.958. The van der Waals surface area contributed by atoms with Crippen LogP contribution >= 0.6 is 0 Å². The molecular weight excluding hydrogens is 475 g/mol. The Morgan fingerprint density at radius 3 is 2.81 bits per heavy atom. The van der Waals surface area contributed by atoms with Crippen molar-refractivity contribution in [3.63, 3.8) is 0 Å². The van der Waals surface area contributed by atoms with E-state index in [4.69, 9.17) is 4.74 Å². The number of carbonyl (C=O) groups is 1. The molecule has 36 heavy (non-hydrogen) atoms. The lowest BCUT2D eigenvalue weighted by Crippen LogP contribution is -2.54. The first-order chi connectivity index (χ1) is 17.4. The molecule has 0 radical (unpaired) electrons. The van der Waals surface area contributed by atoms with Gasteiger partial charge in [-0.05, 0) is 51.6 Å². The van der Waals surface area contributed by atoms with Crippen LogP contribution < -0.4 is 32.1 Å². The lowest BCUT2D eigenvalue weighted by molar-refractivity contribution is -0.172. The molecule has 8 unspecified atom stereocenters. The second kappa shape index (κ2) is 11.8. The van der Waals surface area contributed by atoms with Gasteiger partial charge in [-0.3, -0.25) is 9.69 Å². The highest BCUT2D eigenvalue weighted by Gasteiger charge is 2.46. The molecular formula is C24H42F3N7O2. The predicted molar refractivity (Wildman–Crippen MR) is 129 cm³/mol. The summed E-state index contributed by atoms with van der Waals surface area (Å²) in [5.41, 5.74) is 6.97. The van der Waals surface area contributed by atoms with Crippen LogP contribution in [0.25, 0.3) is 0 Å². The van der Waals surface area contributed by atoms with Gasteiger partial charge in [-0.1, -0.05) is 6.42 Å². The molecule has 0 bridgehead atoms. The fourth-order valence-corrected chi connectivity index (χ4v) is 6.89. The van der Waals surface area contributed by atoms with E-state index in [0.717, 1.165) is 64.9 Å². The van der Waals surface area contributed by atoms with Gasteiger partial charge in [-0.2, -0.15) is 13.2 Å². The van der Waals surface area contributed by atoms with Crippen molar-refractivity contribution in [1.29, 1.82) is 0 Å². The summed E-state index contributed by atoms with van der Waals surface area (Å²) >= 11 is 0. The summed E-state index contributed by atoms with van der Waals surface area (Å²) in [6, 6.07) is -1.31. The third-order valence-corrected chi connectivity index (χ3v) is 8.84. The first-order valence-corrected chi connectivity index (χ1v) is 13.8. The number of halogens is 3. The van der Waals surface area contributed by atoms with Crippen LogP contribution in [0.2, 0.25) is 0 Å². The molecule has 8 atom stereocenters. The maximum absolute atomic E-state index is 13.3. The monoisotopic (exact) mass is 517 g/mol. The lowest BCUT2D eigenvalue weighted by atomic mass is 9.84. The number of carbonyl (C=O) groups excluding carboxylic acids is 1. The zero-order valence-electron chi connectivity index (χ0n) is 20.9. The third kappa shape index (κ3) is 6.16. The molecule has 4 saturated heterocycles. The van der Waals surface area contributed by atoms with Crippen LogP contribution in [-0.4, -0.2) is 93.4 Å². The minimum Gasteiger partial charge on any atom is -0.375 e. The Balaban J connectivity index is 1.08. The Morgan fingerprint density at radius 1 is 1.06 bits per heavy atom. The van der Waals surface area contributed by atoms with Crippen molar-refractivity contribution >= 4 is 5.91 Å². The summed E-state index contributed by atoms with van der Waals surface area (Å²) in [5.74, 6) is -0.409. The largest absolute Gasteiger partial charge is 0.404 e. The number of hydrazine groups is 1. The highest BCUT2D eigenvalue weighted by Crippen LogP contribution is 2.31. The summed E-state index contributed by atoms with van der Waals surface area (Å²) in [6.45, 7) is 4.72. The average Bonchev–Trinajstić information content (AvgIpc) is 3.19. The second-order valence-electron chi connectivity index (χ2n) is 11.1. The van der Waals surface area contributed by atoms with Crippen molar-refractivity contribution in [3.05, 3.63) is 0 Å². The van der Waals surface area contributed by atoms with Crippen molar-refractivity contribution in [1.82, 2.24) is 37.0 Å². The number of amides is 1. The van der Waals surface area contributed by atoms with E-state index < -0.39 is 18.1 Å². The van der Waals surface area contributed by atoms with Crippen molar-refractivity contribution in [2.75, 3.05) is 45.9 Å². The van der Waals surface area contributed by atoms with Crippen molar-refractivity contribution in [2.24, 2.45) is 17.8 Å². The second-order valence-corrected chi connectivity index (χ2v) is 11.1. The van der Waals surface area contributed by atoms with Crippen LogP contribution in [0.5, 0.6) is 0 Å². The maximum atomic E-state index is 13.3. The number of hydrogen-bond acceptors (Lipinski definition) is 8. The predicted octanol–water partition coefficient (Wildman–Crippen LogP) is 0.252. The Morgan fingerprint density at radius 2 is 1.94 bits per heavy atom. The zero-order valence-corrected chi connectivity index (χ0v) is 20.9. The van der Waals surface area contributed by atoms with Gasteiger partial charge in [0, 0.05) is 50.0 Å². The van der Waals surface area contributed by atoms with Gasteiger partial charge in [0.1, 0.15) is 6.04 Å². The molecule has 9 nitrogen and oxygen atoms in total. The number of nitrogens with one attached hydrogen (secondary N) is 6. The number of nitrogens with zero attached hydrogens (tertiary/aromatic N) is 1. The average molecular weight is 518 g/mol. The Labute approximate surface area is 211 Å². The molecule has 4 aliphatic heterocycles. The molecule has 0 aromatic rings. The maximum Gasteiger partial charge on any atom is 0.404 e. The number of ether oxygens (including phenoxy) is 1. The molecule has 0 aromatic heterocycles. The fourth-order valence-electron chi connectivity index (χ4n) is 6.89. The molecule has 5 fully saturated rings. The van der Waals surface area contributed by atoms with E-state index in [-0.39, 0.29) is 42.8 Å². The molecule has 5 aliphatic rings. The van der Waals surface area contributed by atoms with Crippen LogP contribution in [0.15, 0.2) is 0 Å². The first kappa shape index (κ1) is 26.6. The quantitative estimate of drug-likeness (QED) is 0.298. The van der Waals surface area contributed by atoms with Gasteiger partial charge in [0.25, 0.3) is 0 Å². The standard InChI is InChI=1S/C24H42F3N7O2/c25-24(26,27)21-16(4-2-7-29-21)12-31-23(35)15-3-1-5-17(11-15)30-14-20-32-33-22-18-6-8-28-13-19(18)36-10-9-34(20)22/h15-22,28-30,32-33H,1-14H2,(H,31,35). The topological polar surface area (TPSA) is 102 Å². The Kier molecular flexibility index (Phi) is 8.71. The van der Waals surface area contributed by atoms with Crippen LogP contribution in [0, 0.1) is 17.8 Å². The van der Waals surface area contributed by atoms with Crippen LogP contribution in [-0.2, 0) is 9.53 Å². The highest BCUT2D eigenvalue weighted by atomic mass is 19.4. The summed E-state index contributed by atoms with van der Waals surface area (Å²) in [6.07, 6.45) is 2.10. The smallest absolute Gasteiger partial charge is 0.375 e. The third-order valence-electron chi connectivity index (χ3n) is 8.84. The molecule has 5 rings (SSSR count). The molecule has 1 amide bonds. The number of fused-ring (bicyclic) bond motifs is 3. The molecule has 206 valence electrons. The Bertz CT molecular complexity index is 745. The lowest BCUT2D eigenvalue weighted by Gasteiger charge is -2.36. The van der Waals surface area contributed by atoms with Gasteiger partial charge >= 0.3 is 6.18 Å². The normalized spacial score (nSPS) is 40.2. The molecule has 0 aromatic carbocycles. The van der Waals surface area contributed by atoms with Crippen LogP contribution in [0.3, 0.4) is 0 Å². The van der Waals surface area contributed by atoms with E-state index in [1.54, 1.807) is 0 Å². The molecule has 1 saturated carbocycles. The molecule has 4 heterocycles. The molecule has 0 spiro atoms. The number of alkyl halides is 3. The van der Waals surface area contributed by atoms with E-state index in [9.17, 15) is 18.0 Å². The number of piperidine rings is 2. The zero-order chi connectivity index (χ0) is 25.1. The summed E-state index contributed by atoms with van der Waals surface area (Å²) in [7, 11) is 0. The van der Waals surface area contributed by atoms with Gasteiger partial charge in [-0.15, -0.1) is 0 Å². The van der Waals surface area contributed by atoms with E-state index in [2.05, 4.69) is 37.0 Å². The van der Waals surface area contributed by atoms with Crippen LogP contribution in [0.4, 0.5) is 13.2 Å².